The highest BCUT2D eigenvalue weighted by Gasteiger charge is 1.94. The van der Waals surface area contributed by atoms with Crippen molar-refractivity contribution in [3.8, 4) is 0 Å². The summed E-state index contributed by atoms with van der Waals surface area (Å²) in [6.07, 6.45) is 1.19. The number of hydrogen-bond donors (Lipinski definition) is 1. The van der Waals surface area contributed by atoms with Crippen molar-refractivity contribution in [2.75, 3.05) is 18.1 Å². The van der Waals surface area contributed by atoms with Gasteiger partial charge in [-0.05, 0) is 24.3 Å². The zero-order valence-electron chi connectivity index (χ0n) is 7.50. The Morgan fingerprint density at radius 1 is 1.50 bits per heavy atom. The van der Waals surface area contributed by atoms with Crippen LogP contribution in [0.2, 0.25) is 0 Å². The fraction of sp³-hybridized carbons (Fsp3) is 0.444. The minimum atomic E-state index is 0.941. The normalized spacial score (nSPS) is 9.83. The average molecular weight is 182 g/mol. The van der Waals surface area contributed by atoms with E-state index in [1.165, 1.54) is 6.42 Å². The number of thioether (sulfide) groups is 1. The van der Waals surface area contributed by atoms with Crippen molar-refractivity contribution in [3.05, 3.63) is 18.2 Å². The second-order valence-corrected chi connectivity index (χ2v) is 3.57. The number of hydrogen-bond acceptors (Lipinski definition) is 3. The molecule has 0 fully saturated rings. The largest absolute Gasteiger partial charge is 0.373 e. The SMILES string of the molecule is CCCSc1cccc(NC)n1. The van der Waals surface area contributed by atoms with Gasteiger partial charge in [-0.3, -0.25) is 0 Å². The highest BCUT2D eigenvalue weighted by atomic mass is 32.2. The molecule has 1 aromatic heterocycles. The van der Waals surface area contributed by atoms with E-state index in [2.05, 4.69) is 17.2 Å². The Labute approximate surface area is 77.8 Å². The lowest BCUT2D eigenvalue weighted by Gasteiger charge is -2.01. The fourth-order valence-corrected chi connectivity index (χ4v) is 1.59. The van der Waals surface area contributed by atoms with E-state index in [0.29, 0.717) is 0 Å². The summed E-state index contributed by atoms with van der Waals surface area (Å²) >= 11 is 1.80. The molecule has 0 saturated carbocycles. The average Bonchev–Trinajstić information content (AvgIpc) is 2.15. The molecule has 0 atom stereocenters. The van der Waals surface area contributed by atoms with E-state index in [0.717, 1.165) is 16.6 Å². The molecule has 0 amide bonds. The molecule has 12 heavy (non-hydrogen) atoms. The van der Waals surface area contributed by atoms with Gasteiger partial charge in [0.15, 0.2) is 0 Å². The first kappa shape index (κ1) is 9.39. The topological polar surface area (TPSA) is 24.9 Å². The van der Waals surface area contributed by atoms with Crippen LogP contribution in [0.25, 0.3) is 0 Å². The number of aromatic nitrogens is 1. The van der Waals surface area contributed by atoms with Crippen molar-refractivity contribution in [1.29, 1.82) is 0 Å². The fourth-order valence-electron chi connectivity index (χ4n) is 0.841. The second-order valence-electron chi connectivity index (χ2n) is 2.46. The van der Waals surface area contributed by atoms with E-state index in [4.69, 9.17) is 0 Å². The van der Waals surface area contributed by atoms with Crippen molar-refractivity contribution >= 4 is 17.6 Å². The summed E-state index contributed by atoms with van der Waals surface area (Å²) in [6.45, 7) is 2.18. The molecule has 0 aliphatic carbocycles. The molecule has 0 aromatic carbocycles. The zero-order valence-corrected chi connectivity index (χ0v) is 8.32. The first-order valence-corrected chi connectivity index (χ1v) is 5.13. The highest BCUT2D eigenvalue weighted by Crippen LogP contribution is 2.17. The smallest absolute Gasteiger partial charge is 0.126 e. The van der Waals surface area contributed by atoms with E-state index in [1.807, 2.05) is 25.2 Å². The van der Waals surface area contributed by atoms with Gasteiger partial charge in [0, 0.05) is 7.05 Å². The summed E-state index contributed by atoms with van der Waals surface area (Å²) in [7, 11) is 1.89. The van der Waals surface area contributed by atoms with Crippen molar-refractivity contribution in [3.63, 3.8) is 0 Å². The van der Waals surface area contributed by atoms with Gasteiger partial charge in [0.05, 0.1) is 5.03 Å². The summed E-state index contributed by atoms with van der Waals surface area (Å²) in [6, 6.07) is 6.04. The number of nitrogens with zero attached hydrogens (tertiary/aromatic N) is 1. The van der Waals surface area contributed by atoms with E-state index in [1.54, 1.807) is 11.8 Å². The number of rotatable bonds is 4. The van der Waals surface area contributed by atoms with Gasteiger partial charge in [-0.1, -0.05) is 13.0 Å². The summed E-state index contributed by atoms with van der Waals surface area (Å²) in [5.41, 5.74) is 0. The van der Waals surface area contributed by atoms with Gasteiger partial charge >= 0.3 is 0 Å². The lowest BCUT2D eigenvalue weighted by Crippen LogP contribution is -1.92. The molecule has 1 heterocycles. The molecule has 0 aliphatic heterocycles. The standard InChI is InChI=1S/C9H14N2S/c1-3-7-12-9-6-4-5-8(10-2)11-9/h4-6H,3,7H2,1-2H3,(H,10,11). The summed E-state index contributed by atoms with van der Waals surface area (Å²) in [4.78, 5) is 4.38. The predicted octanol–water partition coefficient (Wildman–Crippen LogP) is 2.63. The molecule has 1 aromatic rings. The summed E-state index contributed by atoms with van der Waals surface area (Å²) in [5, 5.41) is 4.12. The van der Waals surface area contributed by atoms with Crippen LogP contribution in [0.4, 0.5) is 5.82 Å². The molecular weight excluding hydrogens is 168 g/mol. The van der Waals surface area contributed by atoms with Gasteiger partial charge in [0.2, 0.25) is 0 Å². The van der Waals surface area contributed by atoms with Crippen LogP contribution in [0, 0.1) is 0 Å². The molecule has 1 N–H and O–H groups in total. The van der Waals surface area contributed by atoms with Gasteiger partial charge in [-0.2, -0.15) is 0 Å². The third-order valence-electron chi connectivity index (χ3n) is 1.43. The molecule has 0 bridgehead atoms. The van der Waals surface area contributed by atoms with E-state index < -0.39 is 0 Å². The maximum absolute atomic E-state index is 4.38. The van der Waals surface area contributed by atoms with Crippen molar-refractivity contribution in [2.24, 2.45) is 0 Å². The van der Waals surface area contributed by atoms with Gasteiger partial charge in [0.25, 0.3) is 0 Å². The summed E-state index contributed by atoms with van der Waals surface area (Å²) in [5.74, 6) is 2.08. The Bertz CT molecular complexity index is 238. The minimum Gasteiger partial charge on any atom is -0.373 e. The van der Waals surface area contributed by atoms with Crippen molar-refractivity contribution in [1.82, 2.24) is 4.98 Å². The first-order valence-electron chi connectivity index (χ1n) is 4.14. The van der Waals surface area contributed by atoms with Gasteiger partial charge in [0.1, 0.15) is 5.82 Å². The predicted molar refractivity (Wildman–Crippen MR) is 54.8 cm³/mol. The van der Waals surface area contributed by atoms with Crippen LogP contribution in [-0.4, -0.2) is 17.8 Å². The Balaban J connectivity index is 2.60. The van der Waals surface area contributed by atoms with Crippen LogP contribution in [0.5, 0.6) is 0 Å². The number of pyridine rings is 1. The Kier molecular flexibility index (Phi) is 3.94. The molecule has 3 heteroatoms. The molecule has 0 radical (unpaired) electrons. The molecule has 1 rings (SSSR count). The molecule has 0 unspecified atom stereocenters. The quantitative estimate of drug-likeness (QED) is 0.725. The Hall–Kier alpha value is -0.700. The van der Waals surface area contributed by atoms with Crippen molar-refractivity contribution in [2.45, 2.75) is 18.4 Å². The summed E-state index contributed by atoms with van der Waals surface area (Å²) < 4.78 is 0. The maximum Gasteiger partial charge on any atom is 0.126 e. The zero-order chi connectivity index (χ0) is 8.81. The first-order chi connectivity index (χ1) is 5.86. The molecule has 0 spiro atoms. The van der Waals surface area contributed by atoms with Crippen LogP contribution in [0.3, 0.4) is 0 Å². The molecule has 0 saturated heterocycles. The lowest BCUT2D eigenvalue weighted by molar-refractivity contribution is 1.08. The van der Waals surface area contributed by atoms with Crippen molar-refractivity contribution < 1.29 is 0 Å². The number of nitrogens with one attached hydrogen (secondary N) is 1. The van der Waals surface area contributed by atoms with Gasteiger partial charge < -0.3 is 5.32 Å². The maximum atomic E-state index is 4.38. The molecular formula is C9H14N2S. The number of anilines is 1. The highest BCUT2D eigenvalue weighted by molar-refractivity contribution is 7.99. The molecule has 66 valence electrons. The van der Waals surface area contributed by atoms with E-state index in [-0.39, 0.29) is 0 Å². The van der Waals surface area contributed by atoms with Gasteiger partial charge in [-0.25, -0.2) is 4.98 Å². The Morgan fingerprint density at radius 2 is 2.33 bits per heavy atom. The molecule has 0 aliphatic rings. The van der Waals surface area contributed by atoms with Crippen LogP contribution >= 0.6 is 11.8 Å². The molecule has 2 nitrogen and oxygen atoms in total. The monoisotopic (exact) mass is 182 g/mol. The van der Waals surface area contributed by atoms with Crippen LogP contribution < -0.4 is 5.32 Å². The van der Waals surface area contributed by atoms with Crippen LogP contribution in [0.15, 0.2) is 23.2 Å². The third kappa shape index (κ3) is 2.74. The second kappa shape index (κ2) is 5.04. The Morgan fingerprint density at radius 3 is 3.00 bits per heavy atom. The van der Waals surface area contributed by atoms with E-state index >= 15 is 0 Å². The van der Waals surface area contributed by atoms with Crippen LogP contribution in [0.1, 0.15) is 13.3 Å². The lowest BCUT2D eigenvalue weighted by atomic mass is 10.5. The van der Waals surface area contributed by atoms with Crippen LogP contribution in [-0.2, 0) is 0 Å². The minimum absolute atomic E-state index is 0.941. The van der Waals surface area contributed by atoms with Gasteiger partial charge in [-0.15, -0.1) is 11.8 Å². The van der Waals surface area contributed by atoms with E-state index in [9.17, 15) is 0 Å². The third-order valence-corrected chi connectivity index (χ3v) is 2.57.